The summed E-state index contributed by atoms with van der Waals surface area (Å²) in [5.41, 5.74) is 0.806. The largest absolute Gasteiger partial charge is 0.478 e. The quantitative estimate of drug-likeness (QED) is 0.254. The molecule has 0 saturated heterocycles. The van der Waals surface area contributed by atoms with E-state index in [1.807, 2.05) is 20.8 Å². The van der Waals surface area contributed by atoms with Gasteiger partial charge in [0.15, 0.2) is 0 Å². The fourth-order valence-corrected chi connectivity index (χ4v) is 2.94. The maximum Gasteiger partial charge on any atom is 0.451 e. The van der Waals surface area contributed by atoms with Gasteiger partial charge in [-0.1, -0.05) is 20.8 Å². The molecular formula is C19H28BNO8. The molecule has 0 aliphatic rings. The highest BCUT2D eigenvalue weighted by Crippen LogP contribution is 2.26. The van der Waals surface area contributed by atoms with Crippen molar-refractivity contribution in [2.45, 2.75) is 46.0 Å². The van der Waals surface area contributed by atoms with Gasteiger partial charge in [0.1, 0.15) is 0 Å². The average molecular weight is 409 g/mol. The van der Waals surface area contributed by atoms with E-state index in [2.05, 4.69) is 5.32 Å². The zero-order valence-electron chi connectivity index (χ0n) is 16.8. The van der Waals surface area contributed by atoms with Crippen LogP contribution < -0.4 is 5.32 Å². The topological polar surface area (TPSA) is 153 Å². The van der Waals surface area contributed by atoms with Crippen LogP contribution in [0, 0.1) is 5.92 Å². The minimum absolute atomic E-state index is 0.0290. The first-order valence-electron chi connectivity index (χ1n) is 9.38. The molecule has 1 aromatic carbocycles. The van der Waals surface area contributed by atoms with Crippen molar-refractivity contribution in [1.82, 2.24) is 5.32 Å². The normalized spacial score (nSPS) is 11.9. The minimum atomic E-state index is -1.39. The highest BCUT2D eigenvalue weighted by atomic mass is 16.5. The number of aromatic carboxylic acids is 2. The van der Waals surface area contributed by atoms with Crippen molar-refractivity contribution in [1.29, 1.82) is 0 Å². The van der Waals surface area contributed by atoms with Crippen LogP contribution in [0.3, 0.4) is 0 Å². The van der Waals surface area contributed by atoms with E-state index >= 15 is 0 Å². The van der Waals surface area contributed by atoms with Crippen LogP contribution >= 0.6 is 0 Å². The lowest BCUT2D eigenvalue weighted by molar-refractivity contribution is -0.143. The monoisotopic (exact) mass is 409 g/mol. The smallest absolute Gasteiger partial charge is 0.451 e. The minimum Gasteiger partial charge on any atom is -0.478 e. The van der Waals surface area contributed by atoms with Crippen LogP contribution in [-0.4, -0.2) is 58.4 Å². The number of carboxylic acid groups (broad SMARTS) is 2. The van der Waals surface area contributed by atoms with E-state index in [1.165, 1.54) is 6.07 Å². The van der Waals surface area contributed by atoms with Crippen molar-refractivity contribution in [3.63, 3.8) is 0 Å². The molecule has 0 bridgehead atoms. The summed E-state index contributed by atoms with van der Waals surface area (Å²) >= 11 is 0. The second-order valence-electron chi connectivity index (χ2n) is 7.31. The highest BCUT2D eigenvalue weighted by molar-refractivity contribution is 6.40. The molecule has 10 heteroatoms. The number of esters is 1. The van der Waals surface area contributed by atoms with Gasteiger partial charge in [0, 0.05) is 6.54 Å². The molecule has 0 saturated carbocycles. The second kappa shape index (κ2) is 11.5. The maximum absolute atomic E-state index is 11.9. The van der Waals surface area contributed by atoms with Gasteiger partial charge in [-0.05, 0) is 47.8 Å². The van der Waals surface area contributed by atoms with E-state index in [9.17, 15) is 24.6 Å². The predicted molar refractivity (Wildman–Crippen MR) is 106 cm³/mol. The molecule has 160 valence electrons. The molecule has 0 spiro atoms. The van der Waals surface area contributed by atoms with Gasteiger partial charge in [0.2, 0.25) is 0 Å². The SMILES string of the molecule is CC(CCB(O)O)COC(=O)CNCc1cc(C(=O)O)cc(C(=O)O)c1C(C)C. The van der Waals surface area contributed by atoms with E-state index < -0.39 is 25.0 Å². The molecule has 0 heterocycles. The lowest BCUT2D eigenvalue weighted by Gasteiger charge is -2.18. The van der Waals surface area contributed by atoms with E-state index in [0.717, 1.165) is 6.07 Å². The second-order valence-corrected chi connectivity index (χ2v) is 7.31. The molecule has 1 atom stereocenters. The van der Waals surface area contributed by atoms with Crippen molar-refractivity contribution < 1.29 is 39.4 Å². The fraction of sp³-hybridized carbons (Fsp3) is 0.526. The van der Waals surface area contributed by atoms with Gasteiger partial charge in [0.25, 0.3) is 0 Å². The number of hydrogen-bond acceptors (Lipinski definition) is 7. The van der Waals surface area contributed by atoms with E-state index in [-0.39, 0.29) is 49.0 Å². The predicted octanol–water partition coefficient (Wildman–Crippen LogP) is 1.34. The van der Waals surface area contributed by atoms with Crippen LogP contribution in [-0.2, 0) is 16.1 Å². The van der Waals surface area contributed by atoms with Crippen LogP contribution in [0.4, 0.5) is 0 Å². The molecule has 0 amide bonds. The third kappa shape index (κ3) is 8.22. The van der Waals surface area contributed by atoms with Gasteiger partial charge >= 0.3 is 25.0 Å². The molecule has 5 N–H and O–H groups in total. The van der Waals surface area contributed by atoms with Gasteiger partial charge in [-0.15, -0.1) is 0 Å². The molecule has 1 unspecified atom stereocenters. The Morgan fingerprint density at radius 1 is 1.10 bits per heavy atom. The molecule has 1 rings (SSSR count). The van der Waals surface area contributed by atoms with Gasteiger partial charge < -0.3 is 30.3 Å². The average Bonchev–Trinajstić information content (AvgIpc) is 2.63. The zero-order valence-corrected chi connectivity index (χ0v) is 16.8. The van der Waals surface area contributed by atoms with E-state index in [1.54, 1.807) is 0 Å². The van der Waals surface area contributed by atoms with Crippen LogP contribution in [0.25, 0.3) is 0 Å². The molecule has 9 nitrogen and oxygen atoms in total. The van der Waals surface area contributed by atoms with Gasteiger partial charge in [-0.25, -0.2) is 9.59 Å². The van der Waals surface area contributed by atoms with Crippen molar-refractivity contribution in [2.75, 3.05) is 13.2 Å². The maximum atomic E-state index is 11.9. The zero-order chi connectivity index (χ0) is 22.1. The summed E-state index contributed by atoms with van der Waals surface area (Å²) in [4.78, 5) is 34.8. The Balaban J connectivity index is 2.74. The number of carbonyl (C=O) groups excluding carboxylic acids is 1. The molecular weight excluding hydrogens is 381 g/mol. The molecule has 0 aliphatic carbocycles. The summed E-state index contributed by atoms with van der Waals surface area (Å²) in [5.74, 6) is -3.14. The van der Waals surface area contributed by atoms with Crippen LogP contribution in [0.2, 0.25) is 6.32 Å². The Hall–Kier alpha value is -2.43. The first-order valence-corrected chi connectivity index (χ1v) is 9.38. The highest BCUT2D eigenvalue weighted by Gasteiger charge is 2.21. The molecule has 0 radical (unpaired) electrons. The van der Waals surface area contributed by atoms with Gasteiger partial charge in [0.05, 0.1) is 24.3 Å². The number of carbonyl (C=O) groups is 3. The van der Waals surface area contributed by atoms with Gasteiger partial charge in [-0.3, -0.25) is 4.79 Å². The fourth-order valence-electron chi connectivity index (χ4n) is 2.94. The summed E-state index contributed by atoms with van der Waals surface area (Å²) in [6, 6.07) is 2.55. The lowest BCUT2D eigenvalue weighted by atomic mass is 9.81. The Morgan fingerprint density at radius 2 is 1.76 bits per heavy atom. The third-order valence-electron chi connectivity index (χ3n) is 4.35. The van der Waals surface area contributed by atoms with Crippen LogP contribution in [0.15, 0.2) is 12.1 Å². The van der Waals surface area contributed by atoms with Crippen molar-refractivity contribution in [3.8, 4) is 0 Å². The summed E-state index contributed by atoms with van der Waals surface area (Å²) in [5, 5.41) is 39.2. The Bertz CT molecular complexity index is 735. The standard InChI is InChI=1S/C19H28BNO8/c1-11(2)17-14(6-13(18(23)24)7-15(17)19(25)26)8-21-9-16(22)29-10-12(3)4-5-20(27)28/h6-7,11-12,21,27-28H,4-5,8-10H2,1-3H3,(H,23,24)(H,25,26). The third-order valence-corrected chi connectivity index (χ3v) is 4.35. The number of carboxylic acids is 2. The summed E-state index contributed by atoms with van der Waals surface area (Å²) in [6.07, 6.45) is 0.691. The molecule has 1 aromatic rings. The Morgan fingerprint density at radius 3 is 2.28 bits per heavy atom. The molecule has 29 heavy (non-hydrogen) atoms. The summed E-state index contributed by atoms with van der Waals surface area (Å²) < 4.78 is 5.12. The van der Waals surface area contributed by atoms with Crippen molar-refractivity contribution in [2.24, 2.45) is 5.92 Å². The number of hydrogen-bond donors (Lipinski definition) is 5. The number of benzene rings is 1. The van der Waals surface area contributed by atoms with Crippen LogP contribution in [0.5, 0.6) is 0 Å². The van der Waals surface area contributed by atoms with Crippen molar-refractivity contribution >= 4 is 25.0 Å². The number of ether oxygens (including phenoxy) is 1. The van der Waals surface area contributed by atoms with Crippen LogP contribution in [0.1, 0.15) is 65.0 Å². The summed E-state index contributed by atoms with van der Waals surface area (Å²) in [7, 11) is -1.39. The summed E-state index contributed by atoms with van der Waals surface area (Å²) in [6.45, 7) is 5.56. The first kappa shape index (κ1) is 24.6. The Labute approximate surface area is 169 Å². The molecule has 0 aromatic heterocycles. The number of rotatable bonds is 12. The van der Waals surface area contributed by atoms with E-state index in [0.29, 0.717) is 17.5 Å². The first-order chi connectivity index (χ1) is 13.5. The van der Waals surface area contributed by atoms with Gasteiger partial charge in [-0.2, -0.15) is 0 Å². The molecule has 0 fully saturated rings. The van der Waals surface area contributed by atoms with E-state index in [4.69, 9.17) is 14.8 Å². The molecule has 0 aliphatic heterocycles. The lowest BCUT2D eigenvalue weighted by Crippen LogP contribution is -2.27. The Kier molecular flexibility index (Phi) is 9.80. The van der Waals surface area contributed by atoms with Crippen molar-refractivity contribution in [3.05, 3.63) is 34.4 Å². The number of nitrogens with one attached hydrogen (secondary N) is 1.